The molecule has 1 amide bonds. The van der Waals surface area contributed by atoms with Gasteiger partial charge in [0.2, 0.25) is 5.43 Å². The molecule has 0 saturated carbocycles. The molecule has 4 nitrogen and oxygen atoms in total. The van der Waals surface area contributed by atoms with Gasteiger partial charge in [-0.3, -0.25) is 9.59 Å². The lowest BCUT2D eigenvalue weighted by Crippen LogP contribution is -2.26. The molecule has 16 heavy (non-hydrogen) atoms. The number of pyridine rings is 1. The van der Waals surface area contributed by atoms with Crippen molar-refractivity contribution in [1.82, 2.24) is 4.57 Å². The first-order valence-electron chi connectivity index (χ1n) is 4.92. The fourth-order valence-corrected chi connectivity index (χ4v) is 1.90. The minimum Gasteiger partial charge on any atom is -0.365 e. The average Bonchev–Trinajstić information content (AvgIpc) is 2.26. The molecule has 0 aliphatic carbocycles. The molecule has 2 aromatic rings. The van der Waals surface area contributed by atoms with Crippen LogP contribution in [0.4, 0.5) is 0 Å². The van der Waals surface area contributed by atoms with Gasteiger partial charge in [0.1, 0.15) is 5.56 Å². The number of carbonyl (C=O) groups excluding carboxylic acids is 1. The molecule has 2 rings (SSSR count). The molecule has 0 unspecified atom stereocenters. The monoisotopic (exact) mass is 216 g/mol. The zero-order valence-corrected chi connectivity index (χ0v) is 9.15. The van der Waals surface area contributed by atoms with E-state index >= 15 is 0 Å². The fourth-order valence-electron chi connectivity index (χ4n) is 1.90. The number of amides is 1. The number of aryl methyl sites for hydroxylation is 1. The van der Waals surface area contributed by atoms with E-state index in [1.165, 1.54) is 0 Å². The highest BCUT2D eigenvalue weighted by Crippen LogP contribution is 2.13. The third kappa shape index (κ3) is 1.31. The average molecular weight is 216 g/mol. The summed E-state index contributed by atoms with van der Waals surface area (Å²) in [5, 5.41) is 0.518. The number of benzene rings is 1. The molecule has 0 aliphatic rings. The van der Waals surface area contributed by atoms with E-state index < -0.39 is 5.91 Å². The first kappa shape index (κ1) is 10.4. The normalized spacial score (nSPS) is 10.6. The predicted molar refractivity (Wildman–Crippen MR) is 62.4 cm³/mol. The molecule has 0 radical (unpaired) electrons. The van der Waals surface area contributed by atoms with Crippen LogP contribution >= 0.6 is 0 Å². The first-order valence-corrected chi connectivity index (χ1v) is 4.92. The second-order valence-electron chi connectivity index (χ2n) is 3.73. The molecule has 0 atom stereocenters. The van der Waals surface area contributed by atoms with Crippen molar-refractivity contribution < 1.29 is 4.79 Å². The van der Waals surface area contributed by atoms with Crippen molar-refractivity contribution in [2.75, 3.05) is 0 Å². The Bertz CT molecular complexity index is 641. The molecule has 0 saturated heterocycles. The highest BCUT2D eigenvalue weighted by atomic mass is 16.2. The summed E-state index contributed by atoms with van der Waals surface area (Å²) in [5.41, 5.74) is 6.40. The van der Waals surface area contributed by atoms with E-state index in [2.05, 4.69) is 0 Å². The summed E-state index contributed by atoms with van der Waals surface area (Å²) >= 11 is 0. The van der Waals surface area contributed by atoms with Gasteiger partial charge in [0.25, 0.3) is 5.91 Å². The van der Waals surface area contributed by atoms with Crippen LogP contribution in [-0.2, 0) is 7.05 Å². The maximum atomic E-state index is 12.0. The van der Waals surface area contributed by atoms with Crippen molar-refractivity contribution in [3.63, 3.8) is 0 Å². The van der Waals surface area contributed by atoms with Gasteiger partial charge < -0.3 is 10.3 Å². The van der Waals surface area contributed by atoms with Gasteiger partial charge in [-0.15, -0.1) is 0 Å². The molecule has 0 fully saturated rings. The van der Waals surface area contributed by atoms with E-state index in [9.17, 15) is 9.59 Å². The van der Waals surface area contributed by atoms with Crippen molar-refractivity contribution in [2.24, 2.45) is 12.8 Å². The van der Waals surface area contributed by atoms with Crippen molar-refractivity contribution in [3.8, 4) is 0 Å². The summed E-state index contributed by atoms with van der Waals surface area (Å²) in [4.78, 5) is 23.3. The van der Waals surface area contributed by atoms with Crippen molar-refractivity contribution >= 4 is 16.8 Å². The van der Waals surface area contributed by atoms with E-state index in [4.69, 9.17) is 5.73 Å². The third-order valence-electron chi connectivity index (χ3n) is 2.85. The zero-order chi connectivity index (χ0) is 11.9. The molecule has 0 bridgehead atoms. The summed E-state index contributed by atoms with van der Waals surface area (Å²) in [6.07, 6.45) is 0. The van der Waals surface area contributed by atoms with Crippen LogP contribution < -0.4 is 11.2 Å². The summed E-state index contributed by atoms with van der Waals surface area (Å²) in [6.45, 7) is 1.72. The lowest BCUT2D eigenvalue weighted by Gasteiger charge is -2.11. The number of para-hydroxylation sites is 1. The van der Waals surface area contributed by atoms with Crippen LogP contribution in [0.2, 0.25) is 0 Å². The number of hydrogen-bond acceptors (Lipinski definition) is 2. The number of nitrogens with two attached hydrogens (primary N) is 1. The number of nitrogens with zero attached hydrogens (tertiary/aromatic N) is 1. The summed E-state index contributed by atoms with van der Waals surface area (Å²) in [6, 6.07) is 7.16. The molecule has 1 aromatic carbocycles. The highest BCUT2D eigenvalue weighted by molar-refractivity contribution is 5.97. The van der Waals surface area contributed by atoms with Gasteiger partial charge in [-0.25, -0.2) is 0 Å². The topological polar surface area (TPSA) is 65.1 Å². The number of primary amides is 1. The number of hydrogen-bond donors (Lipinski definition) is 1. The molecular formula is C12H12N2O2. The van der Waals surface area contributed by atoms with Crippen LogP contribution in [0.25, 0.3) is 10.9 Å². The quantitative estimate of drug-likeness (QED) is 0.771. The van der Waals surface area contributed by atoms with Crippen LogP contribution in [0.5, 0.6) is 0 Å². The van der Waals surface area contributed by atoms with Gasteiger partial charge in [0.05, 0.1) is 5.52 Å². The Balaban J connectivity index is 3.07. The Labute approximate surface area is 92.3 Å². The Morgan fingerprint density at radius 3 is 2.56 bits per heavy atom. The number of carbonyl (C=O) groups is 1. The van der Waals surface area contributed by atoms with E-state index in [1.807, 2.05) is 19.2 Å². The minimum absolute atomic E-state index is 0.0706. The fraction of sp³-hybridized carbons (Fsp3) is 0.167. The van der Waals surface area contributed by atoms with Gasteiger partial charge in [0, 0.05) is 18.1 Å². The molecule has 1 heterocycles. The van der Waals surface area contributed by atoms with Crippen LogP contribution in [-0.4, -0.2) is 10.5 Å². The maximum absolute atomic E-state index is 12.0. The lowest BCUT2D eigenvalue weighted by atomic mass is 10.1. The molecule has 0 aliphatic heterocycles. The Morgan fingerprint density at radius 1 is 1.31 bits per heavy atom. The van der Waals surface area contributed by atoms with Gasteiger partial charge in [0.15, 0.2) is 0 Å². The van der Waals surface area contributed by atoms with Crippen LogP contribution in [0.3, 0.4) is 0 Å². The first-order chi connectivity index (χ1) is 7.54. The number of aromatic nitrogens is 1. The lowest BCUT2D eigenvalue weighted by molar-refractivity contribution is 0.0998. The van der Waals surface area contributed by atoms with Gasteiger partial charge >= 0.3 is 0 Å². The maximum Gasteiger partial charge on any atom is 0.254 e. The second kappa shape index (κ2) is 3.48. The minimum atomic E-state index is -0.677. The third-order valence-corrected chi connectivity index (χ3v) is 2.85. The highest BCUT2D eigenvalue weighted by Gasteiger charge is 2.15. The van der Waals surface area contributed by atoms with Gasteiger partial charge in [-0.05, 0) is 19.1 Å². The van der Waals surface area contributed by atoms with E-state index in [0.717, 1.165) is 5.52 Å². The summed E-state index contributed by atoms with van der Waals surface area (Å²) < 4.78 is 1.80. The predicted octanol–water partition coefficient (Wildman–Crippen LogP) is 0.946. The van der Waals surface area contributed by atoms with Crippen LogP contribution in [0, 0.1) is 6.92 Å². The smallest absolute Gasteiger partial charge is 0.254 e. The van der Waals surface area contributed by atoms with Crippen molar-refractivity contribution in [1.29, 1.82) is 0 Å². The molecular weight excluding hydrogens is 204 g/mol. The Kier molecular flexibility index (Phi) is 2.27. The van der Waals surface area contributed by atoms with E-state index in [0.29, 0.717) is 11.1 Å². The second-order valence-corrected chi connectivity index (χ2v) is 3.73. The van der Waals surface area contributed by atoms with Crippen molar-refractivity contribution in [2.45, 2.75) is 6.92 Å². The van der Waals surface area contributed by atoms with E-state index in [-0.39, 0.29) is 11.0 Å². The summed E-state index contributed by atoms with van der Waals surface area (Å²) in [5.74, 6) is -0.677. The standard InChI is InChI=1S/C12H12N2O2/c1-7-10(12(13)16)11(15)8-5-3-4-6-9(8)14(7)2/h3-6H,1-2H3,(H2,13,16). The SMILES string of the molecule is Cc1c(C(N)=O)c(=O)c2ccccc2n1C. The van der Waals surface area contributed by atoms with Crippen molar-refractivity contribution in [3.05, 3.63) is 45.7 Å². The molecule has 2 N–H and O–H groups in total. The molecule has 82 valence electrons. The molecule has 4 heteroatoms. The van der Waals surface area contributed by atoms with Gasteiger partial charge in [-0.1, -0.05) is 12.1 Å². The van der Waals surface area contributed by atoms with E-state index in [1.54, 1.807) is 23.6 Å². The number of rotatable bonds is 1. The van der Waals surface area contributed by atoms with Crippen LogP contribution in [0.1, 0.15) is 16.1 Å². The van der Waals surface area contributed by atoms with Crippen LogP contribution in [0.15, 0.2) is 29.1 Å². The molecule has 0 spiro atoms. The number of fused-ring (bicyclic) bond motifs is 1. The largest absolute Gasteiger partial charge is 0.365 e. The molecule has 1 aromatic heterocycles. The van der Waals surface area contributed by atoms with Gasteiger partial charge in [-0.2, -0.15) is 0 Å². The Morgan fingerprint density at radius 2 is 1.94 bits per heavy atom. The summed E-state index contributed by atoms with van der Waals surface area (Å²) in [7, 11) is 1.81. The Hall–Kier alpha value is -2.10. The zero-order valence-electron chi connectivity index (χ0n) is 9.15.